The van der Waals surface area contributed by atoms with Crippen molar-refractivity contribution in [2.45, 2.75) is 33.6 Å². The highest BCUT2D eigenvalue weighted by atomic mass is 16.2. The number of nitrogens with zero attached hydrogens (tertiary/aromatic N) is 1. The van der Waals surface area contributed by atoms with Gasteiger partial charge in [0.15, 0.2) is 0 Å². The lowest BCUT2D eigenvalue weighted by molar-refractivity contribution is 0.0788. The van der Waals surface area contributed by atoms with Gasteiger partial charge < -0.3 is 10.2 Å². The van der Waals surface area contributed by atoms with Gasteiger partial charge in [-0.2, -0.15) is 0 Å². The van der Waals surface area contributed by atoms with E-state index in [1.807, 2.05) is 31.0 Å². The predicted molar refractivity (Wildman–Crippen MR) is 84.2 cm³/mol. The molecule has 0 saturated heterocycles. The van der Waals surface area contributed by atoms with Crippen molar-refractivity contribution in [1.82, 2.24) is 4.90 Å². The van der Waals surface area contributed by atoms with Crippen LogP contribution >= 0.6 is 0 Å². The predicted octanol–water partition coefficient (Wildman–Crippen LogP) is 3.54. The fourth-order valence-electron chi connectivity index (χ4n) is 2.54. The Morgan fingerprint density at radius 3 is 2.75 bits per heavy atom. The molecule has 1 fully saturated rings. The summed E-state index contributed by atoms with van der Waals surface area (Å²) in [6.45, 7) is 8.18. The molecule has 0 spiro atoms. The second kappa shape index (κ2) is 6.29. The highest BCUT2D eigenvalue weighted by Crippen LogP contribution is 2.38. The number of anilines is 1. The fourth-order valence-corrected chi connectivity index (χ4v) is 2.54. The van der Waals surface area contributed by atoms with Gasteiger partial charge in [-0.3, -0.25) is 4.79 Å². The molecule has 1 aliphatic carbocycles. The number of aryl methyl sites for hydroxylation is 1. The van der Waals surface area contributed by atoms with Gasteiger partial charge in [-0.1, -0.05) is 25.5 Å². The average molecular weight is 274 g/mol. The molecule has 2 atom stereocenters. The number of rotatable bonds is 6. The van der Waals surface area contributed by atoms with Crippen LogP contribution in [0.5, 0.6) is 0 Å². The molecule has 2 rings (SSSR count). The maximum absolute atomic E-state index is 12.6. The number of nitrogens with one attached hydrogen (secondary N) is 1. The van der Waals surface area contributed by atoms with Crippen LogP contribution in [0.3, 0.4) is 0 Å². The van der Waals surface area contributed by atoms with Gasteiger partial charge in [0.1, 0.15) is 0 Å². The van der Waals surface area contributed by atoms with Crippen LogP contribution in [0.1, 0.15) is 42.6 Å². The standard InChI is InChI=1S/C17H26N2O/c1-5-8-18-16-7-6-12(2)9-15(16)17(20)19(4)11-14-10-13(14)3/h6-7,9,13-14,18H,5,8,10-11H2,1-4H3. The van der Waals surface area contributed by atoms with Gasteiger partial charge >= 0.3 is 0 Å². The van der Waals surface area contributed by atoms with Gasteiger partial charge in [-0.25, -0.2) is 0 Å². The molecule has 0 aliphatic heterocycles. The maximum Gasteiger partial charge on any atom is 0.255 e. The third kappa shape index (κ3) is 3.53. The lowest BCUT2D eigenvalue weighted by Crippen LogP contribution is -2.29. The van der Waals surface area contributed by atoms with Crippen LogP contribution in [0.2, 0.25) is 0 Å². The molecule has 3 nitrogen and oxygen atoms in total. The van der Waals surface area contributed by atoms with Gasteiger partial charge in [-0.05, 0) is 43.7 Å². The van der Waals surface area contributed by atoms with E-state index in [1.54, 1.807) is 0 Å². The Labute approximate surface area is 122 Å². The van der Waals surface area contributed by atoms with Crippen LogP contribution in [0.15, 0.2) is 18.2 Å². The minimum atomic E-state index is 0.131. The first kappa shape index (κ1) is 14.9. The van der Waals surface area contributed by atoms with Crippen molar-refractivity contribution in [1.29, 1.82) is 0 Å². The Kier molecular flexibility index (Phi) is 4.69. The zero-order valence-corrected chi connectivity index (χ0v) is 13.1. The summed E-state index contributed by atoms with van der Waals surface area (Å²) in [4.78, 5) is 14.5. The SMILES string of the molecule is CCCNc1ccc(C)cc1C(=O)N(C)CC1CC1C. The molecule has 1 aromatic rings. The normalized spacial score (nSPS) is 20.6. The van der Waals surface area contributed by atoms with Crippen molar-refractivity contribution < 1.29 is 4.79 Å². The lowest BCUT2D eigenvalue weighted by Gasteiger charge is -2.20. The topological polar surface area (TPSA) is 32.3 Å². The summed E-state index contributed by atoms with van der Waals surface area (Å²) in [5.74, 6) is 1.60. The molecular weight excluding hydrogens is 248 g/mol. The van der Waals surface area contributed by atoms with Crippen molar-refractivity contribution in [2.24, 2.45) is 11.8 Å². The van der Waals surface area contributed by atoms with E-state index in [2.05, 4.69) is 25.2 Å². The van der Waals surface area contributed by atoms with Crippen LogP contribution < -0.4 is 5.32 Å². The van der Waals surface area contributed by atoms with Crippen LogP contribution in [-0.4, -0.2) is 30.9 Å². The number of hydrogen-bond acceptors (Lipinski definition) is 2. The molecule has 110 valence electrons. The van der Waals surface area contributed by atoms with Crippen LogP contribution in [-0.2, 0) is 0 Å². The summed E-state index contributed by atoms with van der Waals surface area (Å²) in [5, 5.41) is 3.36. The molecule has 1 N–H and O–H groups in total. The molecule has 0 aromatic heterocycles. The molecule has 3 heteroatoms. The van der Waals surface area contributed by atoms with Gasteiger partial charge in [0.2, 0.25) is 0 Å². The average Bonchev–Trinajstić information content (AvgIpc) is 3.11. The van der Waals surface area contributed by atoms with Crippen LogP contribution in [0, 0.1) is 18.8 Å². The minimum Gasteiger partial charge on any atom is -0.384 e. The highest BCUT2D eigenvalue weighted by Gasteiger charge is 2.34. The number of amides is 1. The molecule has 0 heterocycles. The van der Waals surface area contributed by atoms with E-state index in [-0.39, 0.29) is 5.91 Å². The Morgan fingerprint density at radius 1 is 1.45 bits per heavy atom. The smallest absolute Gasteiger partial charge is 0.255 e. The second-order valence-electron chi connectivity index (χ2n) is 6.13. The summed E-state index contributed by atoms with van der Waals surface area (Å²) in [7, 11) is 1.92. The molecule has 0 bridgehead atoms. The Balaban J connectivity index is 2.12. The summed E-state index contributed by atoms with van der Waals surface area (Å²) in [6, 6.07) is 6.07. The lowest BCUT2D eigenvalue weighted by atomic mass is 10.1. The first-order chi connectivity index (χ1) is 9.52. The first-order valence-electron chi connectivity index (χ1n) is 7.63. The van der Waals surface area contributed by atoms with Gasteiger partial charge in [0.05, 0.1) is 5.56 Å². The second-order valence-corrected chi connectivity index (χ2v) is 6.13. The van der Waals surface area contributed by atoms with E-state index in [1.165, 1.54) is 6.42 Å². The van der Waals surface area contributed by atoms with Crippen molar-refractivity contribution in [3.05, 3.63) is 29.3 Å². The molecule has 0 radical (unpaired) electrons. The molecule has 2 unspecified atom stereocenters. The van der Waals surface area contributed by atoms with Crippen LogP contribution in [0.25, 0.3) is 0 Å². The Hall–Kier alpha value is -1.51. The third-order valence-corrected chi connectivity index (χ3v) is 4.10. The van der Waals surface area contributed by atoms with Crippen molar-refractivity contribution >= 4 is 11.6 Å². The largest absolute Gasteiger partial charge is 0.384 e. The monoisotopic (exact) mass is 274 g/mol. The summed E-state index contributed by atoms with van der Waals surface area (Å²) < 4.78 is 0. The summed E-state index contributed by atoms with van der Waals surface area (Å²) in [6.07, 6.45) is 2.31. The quantitative estimate of drug-likeness (QED) is 0.860. The van der Waals surface area contributed by atoms with Crippen molar-refractivity contribution in [3.63, 3.8) is 0 Å². The molecule has 1 aromatic carbocycles. The molecular formula is C17H26N2O. The number of carbonyl (C=O) groups is 1. The number of benzene rings is 1. The van der Waals surface area contributed by atoms with Crippen LogP contribution in [0.4, 0.5) is 5.69 Å². The van der Waals surface area contributed by atoms with E-state index in [0.29, 0.717) is 5.92 Å². The Bertz CT molecular complexity index is 484. The molecule has 1 aliphatic rings. The van der Waals surface area contributed by atoms with Gasteiger partial charge in [0, 0.05) is 25.8 Å². The van der Waals surface area contributed by atoms with E-state index >= 15 is 0 Å². The highest BCUT2D eigenvalue weighted by molar-refractivity contribution is 5.99. The maximum atomic E-state index is 12.6. The van der Waals surface area contributed by atoms with E-state index in [4.69, 9.17) is 0 Å². The number of carbonyl (C=O) groups excluding carboxylic acids is 1. The van der Waals surface area contributed by atoms with E-state index in [0.717, 1.165) is 42.2 Å². The third-order valence-electron chi connectivity index (χ3n) is 4.10. The minimum absolute atomic E-state index is 0.131. The zero-order chi connectivity index (χ0) is 14.7. The van der Waals surface area contributed by atoms with Crippen molar-refractivity contribution in [2.75, 3.05) is 25.5 Å². The van der Waals surface area contributed by atoms with Crippen molar-refractivity contribution in [3.8, 4) is 0 Å². The number of hydrogen-bond donors (Lipinski definition) is 1. The van der Waals surface area contributed by atoms with Gasteiger partial charge in [-0.15, -0.1) is 0 Å². The summed E-state index contributed by atoms with van der Waals surface area (Å²) in [5.41, 5.74) is 2.89. The molecule has 1 amide bonds. The summed E-state index contributed by atoms with van der Waals surface area (Å²) >= 11 is 0. The van der Waals surface area contributed by atoms with Gasteiger partial charge in [0.25, 0.3) is 5.91 Å². The zero-order valence-electron chi connectivity index (χ0n) is 13.1. The fraction of sp³-hybridized carbons (Fsp3) is 0.588. The van der Waals surface area contributed by atoms with E-state index < -0.39 is 0 Å². The molecule has 20 heavy (non-hydrogen) atoms. The Morgan fingerprint density at radius 2 is 2.15 bits per heavy atom. The first-order valence-corrected chi connectivity index (χ1v) is 7.63. The molecule has 1 saturated carbocycles. The van der Waals surface area contributed by atoms with E-state index in [9.17, 15) is 4.79 Å².